The Bertz CT molecular complexity index is 2330. The first-order valence-corrected chi connectivity index (χ1v) is 18.2. The first kappa shape index (κ1) is 37.1. The van der Waals surface area contributed by atoms with Gasteiger partial charge >= 0.3 is 0 Å². The van der Waals surface area contributed by atoms with Crippen molar-refractivity contribution in [2.24, 2.45) is 0 Å². The van der Waals surface area contributed by atoms with Gasteiger partial charge in [0.15, 0.2) is 5.78 Å². The van der Waals surface area contributed by atoms with Crippen molar-refractivity contribution < 1.29 is 37.5 Å². The molecule has 2 N–H and O–H groups in total. The summed E-state index contributed by atoms with van der Waals surface area (Å²) < 4.78 is 34.8. The summed E-state index contributed by atoms with van der Waals surface area (Å²) in [7, 11) is 0. The lowest BCUT2D eigenvalue weighted by atomic mass is 9.97. The number of hydrogen-bond acceptors (Lipinski definition) is 7. The highest BCUT2D eigenvalue weighted by Gasteiger charge is 2.38. The van der Waals surface area contributed by atoms with Crippen molar-refractivity contribution in [2.45, 2.75) is 25.2 Å². The molecule has 0 saturated carbocycles. The van der Waals surface area contributed by atoms with Crippen LogP contribution in [0.1, 0.15) is 54.2 Å². The van der Waals surface area contributed by atoms with Crippen LogP contribution >= 0.6 is 11.8 Å². The highest BCUT2D eigenvalue weighted by atomic mass is 32.2. The number of halogens is 2. The highest BCUT2D eigenvalue weighted by Crippen LogP contribution is 2.29. The van der Waals surface area contributed by atoms with Crippen LogP contribution in [0.4, 0.5) is 13.6 Å². The number of nitrogens with one attached hydrogen (secondary N) is 2. The predicted octanol–water partition coefficient (Wildman–Crippen LogP) is 7.42. The van der Waals surface area contributed by atoms with Gasteiger partial charge in [0.2, 0.25) is 0 Å². The Hall–Kier alpha value is -6.24. The Kier molecular flexibility index (Phi) is 11.1. The summed E-state index contributed by atoms with van der Waals surface area (Å²) >= 11 is 0.797. The van der Waals surface area contributed by atoms with E-state index in [2.05, 4.69) is 10.6 Å². The van der Waals surface area contributed by atoms with Crippen LogP contribution in [0.2, 0.25) is 0 Å². The number of ether oxygens (including phenoxy) is 1. The maximum absolute atomic E-state index is 14.7. The maximum atomic E-state index is 14.7. The molecule has 2 atom stereocenters. The molecule has 9 nitrogen and oxygen atoms in total. The molecule has 0 aliphatic carbocycles. The lowest BCUT2D eigenvalue weighted by molar-refractivity contribution is -0.115. The summed E-state index contributed by atoms with van der Waals surface area (Å²) in [6.07, 6.45) is 1.49. The molecule has 55 heavy (non-hydrogen) atoms. The number of amides is 4. The van der Waals surface area contributed by atoms with E-state index in [1.165, 1.54) is 12.1 Å². The van der Waals surface area contributed by atoms with E-state index in [1.807, 2.05) is 54.6 Å². The SMILES string of the molecule is O=C1NC(=O)/C(=C\c2ccc(C(=O)NC[C@@H]3C[C@@H](OCc4ccccc4-c4ccccc4)CN3C(=O)c3ccccc3C(=O)c3ccc(F)cc3F)cc2)S1. The Balaban J connectivity index is 1.11. The van der Waals surface area contributed by atoms with Crippen LogP contribution < -0.4 is 10.6 Å². The van der Waals surface area contributed by atoms with Crippen molar-refractivity contribution in [2.75, 3.05) is 13.1 Å². The molecule has 2 saturated heterocycles. The van der Waals surface area contributed by atoms with Crippen LogP contribution in [0.15, 0.2) is 126 Å². The third-order valence-corrected chi connectivity index (χ3v) is 10.2. The van der Waals surface area contributed by atoms with E-state index in [9.17, 15) is 32.8 Å². The van der Waals surface area contributed by atoms with Crippen molar-refractivity contribution in [3.63, 3.8) is 0 Å². The summed E-state index contributed by atoms with van der Waals surface area (Å²) in [6, 6.07) is 32.5. The van der Waals surface area contributed by atoms with E-state index in [4.69, 9.17) is 4.74 Å². The van der Waals surface area contributed by atoms with E-state index >= 15 is 0 Å². The van der Waals surface area contributed by atoms with Gasteiger partial charge in [0.05, 0.1) is 34.8 Å². The molecule has 0 spiro atoms. The van der Waals surface area contributed by atoms with E-state index in [1.54, 1.807) is 47.4 Å². The quantitative estimate of drug-likeness (QED) is 0.106. The molecule has 2 aliphatic heterocycles. The van der Waals surface area contributed by atoms with Crippen LogP contribution in [0, 0.1) is 11.6 Å². The van der Waals surface area contributed by atoms with Gasteiger partial charge in [-0.2, -0.15) is 0 Å². The number of hydrogen-bond donors (Lipinski definition) is 2. The lowest BCUT2D eigenvalue weighted by Gasteiger charge is -2.25. The molecular formula is C43H33F2N3O6S. The number of imide groups is 1. The van der Waals surface area contributed by atoms with Gasteiger partial charge in [0.25, 0.3) is 23.0 Å². The van der Waals surface area contributed by atoms with Gasteiger partial charge in [0, 0.05) is 30.3 Å². The Labute approximate surface area is 319 Å². The maximum Gasteiger partial charge on any atom is 0.290 e. The molecule has 2 heterocycles. The van der Waals surface area contributed by atoms with Gasteiger partial charge in [-0.1, -0.05) is 84.9 Å². The standard InChI is InChI=1S/C43H33F2N3O6S/c44-30-18-19-36(37(45)21-30)39(49)34-12-6-7-13-35(34)42(52)48-24-32(54-25-29-10-4-5-11-33(29)27-8-2-1-3-9-27)22-31(48)23-46-40(50)28-16-14-26(15-17-28)20-38-41(51)47-43(53)55-38/h1-21,31-32H,22-25H2,(H,46,50)(H,47,51,53)/b38-20+/t31-,32+/m0/s1. The lowest BCUT2D eigenvalue weighted by Crippen LogP contribution is -2.43. The van der Waals surface area contributed by atoms with Crippen LogP contribution in [0.3, 0.4) is 0 Å². The monoisotopic (exact) mass is 757 g/mol. The average molecular weight is 758 g/mol. The second-order valence-corrected chi connectivity index (χ2v) is 14.0. The third kappa shape index (κ3) is 8.45. The topological polar surface area (TPSA) is 122 Å². The molecule has 5 aromatic rings. The fourth-order valence-corrected chi connectivity index (χ4v) is 7.33. The Morgan fingerprint density at radius 1 is 0.836 bits per heavy atom. The zero-order valence-corrected chi connectivity index (χ0v) is 30.0. The highest BCUT2D eigenvalue weighted by molar-refractivity contribution is 8.18. The van der Waals surface area contributed by atoms with E-state index < -0.39 is 52.5 Å². The first-order valence-electron chi connectivity index (χ1n) is 17.4. The predicted molar refractivity (Wildman–Crippen MR) is 204 cm³/mol. The van der Waals surface area contributed by atoms with Crippen molar-refractivity contribution in [3.05, 3.63) is 171 Å². The van der Waals surface area contributed by atoms with Gasteiger partial charge in [-0.15, -0.1) is 0 Å². The Morgan fingerprint density at radius 3 is 2.27 bits per heavy atom. The molecule has 12 heteroatoms. The number of ketones is 1. The van der Waals surface area contributed by atoms with E-state index in [0.29, 0.717) is 23.6 Å². The largest absolute Gasteiger partial charge is 0.372 e. The van der Waals surface area contributed by atoms with Crippen LogP contribution in [-0.2, 0) is 16.1 Å². The number of carbonyl (C=O) groups is 5. The molecule has 0 unspecified atom stereocenters. The number of benzene rings is 5. The molecule has 5 aromatic carbocycles. The number of thioether (sulfide) groups is 1. The molecular weight excluding hydrogens is 725 g/mol. The summed E-state index contributed by atoms with van der Waals surface area (Å²) in [5.74, 6) is -4.04. The van der Waals surface area contributed by atoms with Crippen LogP contribution in [0.25, 0.3) is 17.2 Å². The van der Waals surface area contributed by atoms with Crippen LogP contribution in [0.5, 0.6) is 0 Å². The van der Waals surface area contributed by atoms with Gasteiger partial charge in [-0.05, 0) is 76.8 Å². The van der Waals surface area contributed by atoms with Crippen molar-refractivity contribution in [3.8, 4) is 11.1 Å². The van der Waals surface area contributed by atoms with Crippen molar-refractivity contribution in [1.82, 2.24) is 15.5 Å². The number of rotatable bonds is 11. The summed E-state index contributed by atoms with van der Waals surface area (Å²) in [4.78, 5) is 66.5. The molecule has 2 fully saturated rings. The minimum atomic E-state index is -1.04. The zero-order valence-electron chi connectivity index (χ0n) is 29.2. The minimum absolute atomic E-state index is 0.0307. The normalized spacial score (nSPS) is 17.3. The molecule has 0 bridgehead atoms. The number of likely N-dealkylation sites (tertiary alicyclic amines) is 1. The van der Waals surface area contributed by atoms with Gasteiger partial charge < -0.3 is 15.0 Å². The fraction of sp³-hybridized carbons (Fsp3) is 0.140. The molecule has 7 rings (SSSR count). The average Bonchev–Trinajstić information content (AvgIpc) is 3.76. The third-order valence-electron chi connectivity index (χ3n) is 9.40. The minimum Gasteiger partial charge on any atom is -0.372 e. The molecule has 0 aromatic heterocycles. The second kappa shape index (κ2) is 16.4. The van der Waals surface area contributed by atoms with Crippen molar-refractivity contribution in [1.29, 1.82) is 0 Å². The summed E-state index contributed by atoms with van der Waals surface area (Å²) in [5, 5.41) is 4.67. The van der Waals surface area contributed by atoms with E-state index in [-0.39, 0.29) is 41.3 Å². The first-order chi connectivity index (χ1) is 26.6. The molecule has 0 radical (unpaired) electrons. The number of nitrogens with zero attached hydrogens (tertiary/aromatic N) is 1. The molecule has 2 aliphatic rings. The Morgan fingerprint density at radius 2 is 1.55 bits per heavy atom. The van der Waals surface area contributed by atoms with Crippen LogP contribution in [-0.4, -0.2) is 58.9 Å². The van der Waals surface area contributed by atoms with E-state index in [0.717, 1.165) is 40.6 Å². The van der Waals surface area contributed by atoms with Gasteiger partial charge in [0.1, 0.15) is 11.6 Å². The molecule has 4 amide bonds. The summed E-state index contributed by atoms with van der Waals surface area (Å²) in [5.41, 5.74) is 3.58. The smallest absolute Gasteiger partial charge is 0.290 e. The van der Waals surface area contributed by atoms with Gasteiger partial charge in [-0.25, -0.2) is 8.78 Å². The number of carbonyl (C=O) groups excluding carboxylic acids is 5. The fourth-order valence-electron chi connectivity index (χ4n) is 6.65. The summed E-state index contributed by atoms with van der Waals surface area (Å²) in [6.45, 7) is 0.461. The van der Waals surface area contributed by atoms with Crippen molar-refractivity contribution >= 4 is 46.6 Å². The second-order valence-electron chi connectivity index (χ2n) is 13.0. The zero-order chi connectivity index (χ0) is 38.5. The van der Waals surface area contributed by atoms with Gasteiger partial charge in [-0.3, -0.25) is 29.3 Å². The molecule has 276 valence electrons.